The van der Waals surface area contributed by atoms with Gasteiger partial charge >= 0.3 is 0 Å². The van der Waals surface area contributed by atoms with E-state index in [0.29, 0.717) is 53.1 Å². The molecule has 8 nitrogen and oxygen atoms in total. The molecule has 0 spiro atoms. The van der Waals surface area contributed by atoms with Gasteiger partial charge in [0.2, 0.25) is 0 Å². The number of likely N-dealkylation sites (N-methyl/N-ethyl adjacent to an activating group) is 1. The van der Waals surface area contributed by atoms with Crippen molar-refractivity contribution in [3.05, 3.63) is 47.4 Å². The van der Waals surface area contributed by atoms with Crippen molar-refractivity contribution in [1.82, 2.24) is 24.6 Å². The highest BCUT2D eigenvalue weighted by Gasteiger charge is 2.33. The Morgan fingerprint density at radius 2 is 1.85 bits per heavy atom. The van der Waals surface area contributed by atoms with Crippen LogP contribution in [-0.4, -0.2) is 83.1 Å². The molecule has 2 saturated heterocycles. The number of nitrogens with zero attached hydrogens (tertiary/aromatic N) is 5. The summed E-state index contributed by atoms with van der Waals surface area (Å²) in [5.41, 5.74) is 2.85. The molecule has 3 aromatic rings. The number of aromatic nitrogens is 3. The minimum Gasteiger partial charge on any atom is -0.336 e. The molecule has 2 aliphatic rings. The molecule has 1 atom stereocenters. The van der Waals surface area contributed by atoms with Crippen LogP contribution in [0, 0.1) is 12.7 Å². The number of hydrogen-bond donors (Lipinski definition) is 0. The topological polar surface area (TPSA) is 88.4 Å². The van der Waals surface area contributed by atoms with E-state index in [1.165, 1.54) is 12.1 Å². The first kappa shape index (κ1) is 22.9. The van der Waals surface area contributed by atoms with Crippen molar-refractivity contribution in [3.63, 3.8) is 0 Å². The van der Waals surface area contributed by atoms with E-state index < -0.39 is 9.84 Å². The van der Waals surface area contributed by atoms with E-state index >= 15 is 0 Å². The van der Waals surface area contributed by atoms with E-state index in [4.69, 9.17) is 4.98 Å². The molecule has 4 heterocycles. The Morgan fingerprint density at radius 1 is 1.15 bits per heavy atom. The lowest BCUT2D eigenvalue weighted by atomic mass is 10.0. The Kier molecular flexibility index (Phi) is 5.89. The summed E-state index contributed by atoms with van der Waals surface area (Å²) in [6, 6.07) is 7.41. The third kappa shape index (κ3) is 4.20. The molecule has 5 rings (SSSR count). The van der Waals surface area contributed by atoms with Crippen molar-refractivity contribution in [1.29, 1.82) is 0 Å². The molecule has 1 aromatic carbocycles. The minimum absolute atomic E-state index is 0.00787. The minimum atomic E-state index is -3.13. The molecule has 2 aromatic heterocycles. The number of rotatable bonds is 4. The Bertz CT molecular complexity index is 1350. The van der Waals surface area contributed by atoms with Crippen LogP contribution in [0.15, 0.2) is 30.3 Å². The predicted octanol–water partition coefficient (Wildman–Crippen LogP) is 2.68. The Hall–Kier alpha value is -2.85. The number of fused-ring (bicyclic) bond motifs is 1. The van der Waals surface area contributed by atoms with Crippen molar-refractivity contribution in [2.45, 2.75) is 26.3 Å². The van der Waals surface area contributed by atoms with Gasteiger partial charge in [-0.25, -0.2) is 22.5 Å². The lowest BCUT2D eigenvalue weighted by Crippen LogP contribution is -2.48. The van der Waals surface area contributed by atoms with Gasteiger partial charge < -0.3 is 9.80 Å². The first-order chi connectivity index (χ1) is 16.3. The summed E-state index contributed by atoms with van der Waals surface area (Å²) in [4.78, 5) is 22.7. The molecule has 1 amide bonds. The number of hydrogen-bond acceptors (Lipinski definition) is 6. The number of aryl methyl sites for hydroxylation is 1. The molecule has 2 fully saturated rings. The smallest absolute Gasteiger partial charge is 0.254 e. The standard InChI is InChI=1S/C24H28FN5O3S/c1-3-28-9-11-29(12-10-28)24(31)20-14-21(17-4-6-18(25)7-5-17)26-23-22(20)16(2)27-30(23)19-8-13-34(32,33)15-19/h4-7,14,19H,3,8-13,15H2,1-2H3/t19-/m0/s1. The molecule has 34 heavy (non-hydrogen) atoms. The SMILES string of the molecule is CCN1CCN(C(=O)c2cc(-c3ccc(F)cc3)nc3c2c(C)nn3[C@H]2CCS(=O)(=O)C2)CC1. The summed E-state index contributed by atoms with van der Waals surface area (Å²) in [6.07, 6.45) is 0.462. The fourth-order valence-electron chi connectivity index (χ4n) is 4.91. The van der Waals surface area contributed by atoms with Gasteiger partial charge in [-0.05, 0) is 50.2 Å². The third-order valence-corrected chi connectivity index (χ3v) is 8.62. The van der Waals surface area contributed by atoms with Crippen molar-refractivity contribution >= 4 is 26.8 Å². The maximum absolute atomic E-state index is 13.7. The number of piperazine rings is 1. The van der Waals surface area contributed by atoms with Gasteiger partial charge in [0, 0.05) is 31.7 Å². The molecule has 180 valence electrons. The molecule has 10 heteroatoms. The van der Waals surface area contributed by atoms with Gasteiger partial charge in [0.1, 0.15) is 5.82 Å². The second-order valence-electron chi connectivity index (χ2n) is 9.07. The van der Waals surface area contributed by atoms with Crippen molar-refractivity contribution < 1.29 is 17.6 Å². The van der Waals surface area contributed by atoms with Crippen LogP contribution in [0.25, 0.3) is 22.3 Å². The van der Waals surface area contributed by atoms with E-state index in [2.05, 4.69) is 16.9 Å². The zero-order valence-corrected chi connectivity index (χ0v) is 20.2. The van der Waals surface area contributed by atoms with Crippen LogP contribution < -0.4 is 0 Å². The summed E-state index contributed by atoms with van der Waals surface area (Å²) < 4.78 is 39.5. The molecule has 0 radical (unpaired) electrons. The largest absolute Gasteiger partial charge is 0.336 e. The first-order valence-corrected chi connectivity index (χ1v) is 13.5. The fourth-order valence-corrected chi connectivity index (χ4v) is 6.60. The summed E-state index contributed by atoms with van der Waals surface area (Å²) in [6.45, 7) is 7.80. The zero-order chi connectivity index (χ0) is 24.0. The molecule has 0 bridgehead atoms. The summed E-state index contributed by atoms with van der Waals surface area (Å²) in [7, 11) is -3.13. The Morgan fingerprint density at radius 3 is 2.47 bits per heavy atom. The molecular weight excluding hydrogens is 457 g/mol. The molecule has 2 aliphatic heterocycles. The van der Waals surface area contributed by atoms with E-state index in [1.807, 2.05) is 11.8 Å². The Labute approximate surface area is 198 Å². The summed E-state index contributed by atoms with van der Waals surface area (Å²) in [5.74, 6) is -0.322. The highest BCUT2D eigenvalue weighted by Crippen LogP contribution is 2.32. The lowest BCUT2D eigenvalue weighted by Gasteiger charge is -2.34. The number of amides is 1. The van der Waals surface area contributed by atoms with Crippen LogP contribution in [0.2, 0.25) is 0 Å². The average molecular weight is 486 g/mol. The number of benzene rings is 1. The zero-order valence-electron chi connectivity index (χ0n) is 19.4. The maximum atomic E-state index is 13.7. The van der Waals surface area contributed by atoms with Crippen LogP contribution in [0.3, 0.4) is 0 Å². The average Bonchev–Trinajstić information content (AvgIpc) is 3.37. The van der Waals surface area contributed by atoms with Crippen LogP contribution in [-0.2, 0) is 9.84 Å². The van der Waals surface area contributed by atoms with Crippen LogP contribution >= 0.6 is 0 Å². The molecular formula is C24H28FN5O3S. The third-order valence-electron chi connectivity index (χ3n) is 6.87. The monoisotopic (exact) mass is 485 g/mol. The van der Waals surface area contributed by atoms with Crippen molar-refractivity contribution in [2.75, 3.05) is 44.2 Å². The highest BCUT2D eigenvalue weighted by atomic mass is 32.2. The van der Waals surface area contributed by atoms with E-state index in [1.54, 1.807) is 22.9 Å². The van der Waals surface area contributed by atoms with Crippen LogP contribution in [0.4, 0.5) is 4.39 Å². The summed E-state index contributed by atoms with van der Waals surface area (Å²) >= 11 is 0. The lowest BCUT2D eigenvalue weighted by molar-refractivity contribution is 0.0645. The van der Waals surface area contributed by atoms with E-state index in [0.717, 1.165) is 19.6 Å². The van der Waals surface area contributed by atoms with Crippen molar-refractivity contribution in [3.8, 4) is 11.3 Å². The van der Waals surface area contributed by atoms with Gasteiger partial charge in [-0.15, -0.1) is 0 Å². The van der Waals surface area contributed by atoms with E-state index in [9.17, 15) is 17.6 Å². The molecule has 0 unspecified atom stereocenters. The first-order valence-electron chi connectivity index (χ1n) is 11.6. The molecule has 0 aliphatic carbocycles. The molecule has 0 saturated carbocycles. The summed E-state index contributed by atoms with van der Waals surface area (Å²) in [5, 5.41) is 5.30. The highest BCUT2D eigenvalue weighted by molar-refractivity contribution is 7.91. The predicted molar refractivity (Wildman–Crippen MR) is 128 cm³/mol. The van der Waals surface area contributed by atoms with Crippen molar-refractivity contribution in [2.24, 2.45) is 0 Å². The Balaban J connectivity index is 1.64. The number of carbonyl (C=O) groups is 1. The van der Waals surface area contributed by atoms with Gasteiger partial charge in [0.25, 0.3) is 5.91 Å². The van der Waals surface area contributed by atoms with Gasteiger partial charge in [0.05, 0.1) is 39.9 Å². The van der Waals surface area contributed by atoms with Gasteiger partial charge in [-0.2, -0.15) is 5.10 Å². The number of pyridine rings is 1. The number of halogens is 1. The molecule has 0 N–H and O–H groups in total. The van der Waals surface area contributed by atoms with E-state index in [-0.39, 0.29) is 29.3 Å². The number of carbonyl (C=O) groups excluding carboxylic acids is 1. The normalized spacial score (nSPS) is 20.8. The van der Waals surface area contributed by atoms with Gasteiger partial charge in [0.15, 0.2) is 15.5 Å². The fraction of sp³-hybridized carbons (Fsp3) is 0.458. The second kappa shape index (κ2) is 8.74. The van der Waals surface area contributed by atoms with Gasteiger partial charge in [-0.1, -0.05) is 6.92 Å². The second-order valence-corrected chi connectivity index (χ2v) is 11.3. The number of sulfone groups is 1. The van der Waals surface area contributed by atoms with Crippen LogP contribution in [0.5, 0.6) is 0 Å². The van der Waals surface area contributed by atoms with Gasteiger partial charge in [-0.3, -0.25) is 4.79 Å². The van der Waals surface area contributed by atoms with Crippen LogP contribution in [0.1, 0.15) is 35.4 Å². The quantitative estimate of drug-likeness (QED) is 0.565. The maximum Gasteiger partial charge on any atom is 0.254 e.